The number of hydrogen-bond donors (Lipinski definition) is 1. The highest BCUT2D eigenvalue weighted by Crippen LogP contribution is 2.31. The van der Waals surface area contributed by atoms with Crippen molar-refractivity contribution >= 4 is 11.6 Å². The summed E-state index contributed by atoms with van der Waals surface area (Å²) in [6, 6.07) is 10.6. The van der Waals surface area contributed by atoms with Gasteiger partial charge in [-0.3, -0.25) is 9.80 Å². The Hall–Kier alpha value is -1.84. The number of carbonyl (C=O) groups is 1. The van der Waals surface area contributed by atoms with Crippen molar-refractivity contribution in [2.24, 2.45) is 10.5 Å². The lowest BCUT2D eigenvalue weighted by molar-refractivity contribution is -0.115. The first-order chi connectivity index (χ1) is 11.4. The number of benzene rings is 1. The minimum Gasteiger partial charge on any atom is -0.350 e. The van der Waals surface area contributed by atoms with E-state index in [0.717, 1.165) is 13.0 Å². The fourth-order valence-corrected chi connectivity index (χ4v) is 2.83. The molecule has 1 unspecified atom stereocenters. The fraction of sp³-hybridized carbons (Fsp3) is 0.600. The number of carbonyl (C=O) groups excluding carboxylic acids is 1. The normalized spacial score (nSPS) is 17.8. The van der Waals surface area contributed by atoms with Crippen LogP contribution in [-0.4, -0.2) is 29.7 Å². The molecule has 0 radical (unpaired) electrons. The maximum atomic E-state index is 12.5. The molecule has 1 aliphatic rings. The van der Waals surface area contributed by atoms with Crippen molar-refractivity contribution in [3.63, 3.8) is 0 Å². The van der Waals surface area contributed by atoms with Crippen LogP contribution in [0.25, 0.3) is 0 Å². The zero-order chi connectivity index (χ0) is 17.6. The van der Waals surface area contributed by atoms with Crippen LogP contribution in [0.5, 0.6) is 0 Å². The van der Waals surface area contributed by atoms with Crippen LogP contribution in [0.1, 0.15) is 65.0 Å². The molecule has 24 heavy (non-hydrogen) atoms. The van der Waals surface area contributed by atoms with Gasteiger partial charge in [0.15, 0.2) is 0 Å². The molecule has 0 aromatic heterocycles. The van der Waals surface area contributed by atoms with Crippen LogP contribution < -0.4 is 5.32 Å². The monoisotopic (exact) mass is 329 g/mol. The molecule has 1 aliphatic heterocycles. The zero-order valence-corrected chi connectivity index (χ0v) is 15.5. The molecule has 0 saturated heterocycles. The van der Waals surface area contributed by atoms with Crippen LogP contribution in [-0.2, 0) is 4.79 Å². The quantitative estimate of drug-likeness (QED) is 0.764. The van der Waals surface area contributed by atoms with Crippen molar-refractivity contribution < 1.29 is 4.79 Å². The highest BCUT2D eigenvalue weighted by molar-refractivity contribution is 6.39. The second-order valence-corrected chi connectivity index (χ2v) is 7.79. The van der Waals surface area contributed by atoms with Gasteiger partial charge in [-0.25, -0.2) is 0 Å². The first-order valence-corrected chi connectivity index (χ1v) is 9.08. The molecule has 0 spiro atoms. The van der Waals surface area contributed by atoms with Gasteiger partial charge in [-0.1, -0.05) is 70.9 Å². The molecule has 4 nitrogen and oxygen atoms in total. The molecule has 132 valence electrons. The Morgan fingerprint density at radius 3 is 2.58 bits per heavy atom. The van der Waals surface area contributed by atoms with E-state index in [1.807, 2.05) is 6.07 Å². The van der Waals surface area contributed by atoms with Gasteiger partial charge in [0.1, 0.15) is 5.71 Å². The zero-order valence-electron chi connectivity index (χ0n) is 15.5. The van der Waals surface area contributed by atoms with Crippen molar-refractivity contribution in [3.05, 3.63) is 35.9 Å². The number of hydrogen-bond acceptors (Lipinski definition) is 3. The van der Waals surface area contributed by atoms with E-state index in [0.29, 0.717) is 18.7 Å². The van der Waals surface area contributed by atoms with E-state index in [4.69, 9.17) is 0 Å². The molecule has 0 bridgehead atoms. The summed E-state index contributed by atoms with van der Waals surface area (Å²) in [7, 11) is 0. The molecule has 1 N–H and O–H groups in total. The standard InChI is InChI=1S/C20H31N3O/c1-5-6-10-13-23-18(16-11-8-7-9-12-16)14-17(22-23)19(24)21-15-20(2,3)4/h7-9,11-12,18H,5-6,10,13-15H2,1-4H3,(H,21,24). The van der Waals surface area contributed by atoms with E-state index in [-0.39, 0.29) is 17.4 Å². The van der Waals surface area contributed by atoms with Gasteiger partial charge in [-0.2, -0.15) is 5.10 Å². The Labute approximate surface area is 146 Å². The average molecular weight is 329 g/mol. The van der Waals surface area contributed by atoms with Crippen LogP contribution in [0.2, 0.25) is 0 Å². The van der Waals surface area contributed by atoms with E-state index in [1.165, 1.54) is 18.4 Å². The van der Waals surface area contributed by atoms with Crippen LogP contribution in [0.4, 0.5) is 0 Å². The van der Waals surface area contributed by atoms with E-state index < -0.39 is 0 Å². The van der Waals surface area contributed by atoms with Crippen LogP contribution in [0.15, 0.2) is 35.4 Å². The lowest BCUT2D eigenvalue weighted by Crippen LogP contribution is -2.36. The molecular weight excluding hydrogens is 298 g/mol. The molecule has 1 aromatic carbocycles. The minimum absolute atomic E-state index is 0.0242. The predicted octanol–water partition coefficient (Wildman–Crippen LogP) is 4.14. The Kier molecular flexibility index (Phi) is 6.41. The van der Waals surface area contributed by atoms with Gasteiger partial charge in [0, 0.05) is 19.5 Å². The summed E-state index contributed by atoms with van der Waals surface area (Å²) in [5.74, 6) is -0.0242. The van der Waals surface area contributed by atoms with Crippen molar-refractivity contribution in [3.8, 4) is 0 Å². The maximum Gasteiger partial charge on any atom is 0.267 e. The number of unbranched alkanes of at least 4 members (excludes halogenated alkanes) is 2. The molecule has 0 fully saturated rings. The van der Waals surface area contributed by atoms with Gasteiger partial charge in [0.25, 0.3) is 5.91 Å². The number of rotatable bonds is 7. The SMILES string of the molecule is CCCCCN1N=C(C(=O)NCC(C)(C)C)CC1c1ccccc1. The van der Waals surface area contributed by atoms with Gasteiger partial charge in [0.05, 0.1) is 6.04 Å². The molecule has 1 aromatic rings. The van der Waals surface area contributed by atoms with Crippen LogP contribution in [0, 0.1) is 5.41 Å². The van der Waals surface area contributed by atoms with Crippen molar-refractivity contribution in [1.29, 1.82) is 0 Å². The molecule has 2 rings (SSSR count). The lowest BCUT2D eigenvalue weighted by atomic mass is 9.96. The van der Waals surface area contributed by atoms with E-state index >= 15 is 0 Å². The molecule has 1 atom stereocenters. The third kappa shape index (κ3) is 5.36. The highest BCUT2D eigenvalue weighted by atomic mass is 16.2. The molecule has 1 heterocycles. The largest absolute Gasteiger partial charge is 0.350 e. The summed E-state index contributed by atoms with van der Waals surface area (Å²) in [5.41, 5.74) is 1.97. The summed E-state index contributed by atoms with van der Waals surface area (Å²) in [6.07, 6.45) is 4.18. The molecule has 0 saturated carbocycles. The molecule has 4 heteroatoms. The second-order valence-electron chi connectivity index (χ2n) is 7.79. The summed E-state index contributed by atoms with van der Waals surface area (Å²) < 4.78 is 0. The topological polar surface area (TPSA) is 44.7 Å². The van der Waals surface area contributed by atoms with Gasteiger partial charge >= 0.3 is 0 Å². The summed E-state index contributed by atoms with van der Waals surface area (Å²) >= 11 is 0. The highest BCUT2D eigenvalue weighted by Gasteiger charge is 2.31. The minimum atomic E-state index is -0.0242. The molecule has 1 amide bonds. The van der Waals surface area contributed by atoms with Gasteiger partial charge < -0.3 is 5.32 Å². The third-order valence-electron chi connectivity index (χ3n) is 4.21. The Bertz CT molecular complexity index is 560. The molecular formula is C20H31N3O. The van der Waals surface area contributed by atoms with Gasteiger partial charge in [-0.05, 0) is 17.4 Å². The predicted molar refractivity (Wildman–Crippen MR) is 99.9 cm³/mol. The van der Waals surface area contributed by atoms with Crippen LogP contribution >= 0.6 is 0 Å². The van der Waals surface area contributed by atoms with Crippen molar-refractivity contribution in [1.82, 2.24) is 10.3 Å². The second kappa shape index (κ2) is 8.32. The molecule has 0 aliphatic carbocycles. The van der Waals surface area contributed by atoms with Gasteiger partial charge in [-0.15, -0.1) is 0 Å². The smallest absolute Gasteiger partial charge is 0.267 e. The van der Waals surface area contributed by atoms with Crippen molar-refractivity contribution in [2.45, 2.75) is 59.4 Å². The Morgan fingerprint density at radius 1 is 1.25 bits per heavy atom. The van der Waals surface area contributed by atoms with Crippen molar-refractivity contribution in [2.75, 3.05) is 13.1 Å². The average Bonchev–Trinajstić information content (AvgIpc) is 2.97. The van der Waals surface area contributed by atoms with E-state index in [9.17, 15) is 4.79 Å². The summed E-state index contributed by atoms with van der Waals surface area (Å²) in [6.45, 7) is 10.1. The lowest BCUT2D eigenvalue weighted by Gasteiger charge is -2.23. The summed E-state index contributed by atoms with van der Waals surface area (Å²) in [4.78, 5) is 12.5. The number of nitrogens with zero attached hydrogens (tertiary/aromatic N) is 2. The third-order valence-corrected chi connectivity index (χ3v) is 4.21. The fourth-order valence-electron chi connectivity index (χ4n) is 2.83. The van der Waals surface area contributed by atoms with E-state index in [1.54, 1.807) is 0 Å². The maximum absolute atomic E-state index is 12.5. The number of nitrogens with one attached hydrogen (secondary N) is 1. The first kappa shape index (κ1) is 18.5. The Balaban J connectivity index is 2.06. The Morgan fingerprint density at radius 2 is 1.96 bits per heavy atom. The van der Waals surface area contributed by atoms with Gasteiger partial charge in [0.2, 0.25) is 0 Å². The first-order valence-electron chi connectivity index (χ1n) is 9.08. The van der Waals surface area contributed by atoms with Crippen LogP contribution in [0.3, 0.4) is 0 Å². The van der Waals surface area contributed by atoms with E-state index in [2.05, 4.69) is 67.4 Å². The number of hydrazone groups is 1. The summed E-state index contributed by atoms with van der Waals surface area (Å²) in [5, 5.41) is 9.79. The number of amides is 1.